The van der Waals surface area contributed by atoms with Gasteiger partial charge < -0.3 is 15.8 Å². The maximum absolute atomic E-state index is 12.3. The van der Waals surface area contributed by atoms with Crippen molar-refractivity contribution >= 4 is 34.2 Å². The van der Waals surface area contributed by atoms with Crippen LogP contribution in [0.5, 0.6) is 0 Å². The molecule has 3 N–H and O–H groups in total. The van der Waals surface area contributed by atoms with Crippen LogP contribution in [0.2, 0.25) is 0 Å². The van der Waals surface area contributed by atoms with Gasteiger partial charge in [-0.2, -0.15) is 0 Å². The minimum Gasteiger partial charge on any atom is -0.381 e. The summed E-state index contributed by atoms with van der Waals surface area (Å²) in [5.41, 5.74) is 5.97. The van der Waals surface area contributed by atoms with E-state index in [9.17, 15) is 4.79 Å². The Morgan fingerprint density at radius 2 is 2.14 bits per heavy atom. The van der Waals surface area contributed by atoms with Gasteiger partial charge in [-0.05, 0) is 43.4 Å². The Kier molecular flexibility index (Phi) is 7.13. The van der Waals surface area contributed by atoms with Gasteiger partial charge in [0.25, 0.3) is 0 Å². The summed E-state index contributed by atoms with van der Waals surface area (Å²) in [5.74, 6) is 0.249. The Balaban J connectivity index is 0.00000220. The van der Waals surface area contributed by atoms with Gasteiger partial charge in [-0.1, -0.05) is 28.1 Å². The second-order valence-electron chi connectivity index (χ2n) is 5.50. The molecule has 0 saturated carbocycles. The lowest BCUT2D eigenvalue weighted by Crippen LogP contribution is -2.50. The molecule has 2 rings (SSSR count). The van der Waals surface area contributed by atoms with Gasteiger partial charge in [0.15, 0.2) is 0 Å². The molecule has 0 aromatic heterocycles. The zero-order valence-electron chi connectivity index (χ0n) is 12.1. The molecular weight excluding hydrogens is 356 g/mol. The van der Waals surface area contributed by atoms with E-state index in [4.69, 9.17) is 10.5 Å². The largest absolute Gasteiger partial charge is 0.381 e. The van der Waals surface area contributed by atoms with Gasteiger partial charge in [0.1, 0.15) is 5.54 Å². The molecule has 1 heterocycles. The zero-order chi connectivity index (χ0) is 14.6. The maximum atomic E-state index is 12.3. The molecule has 0 spiro atoms. The minimum absolute atomic E-state index is 0. The van der Waals surface area contributed by atoms with Crippen molar-refractivity contribution in [2.24, 2.45) is 11.7 Å². The number of nitrogens with one attached hydrogen (secondary N) is 1. The van der Waals surface area contributed by atoms with Gasteiger partial charge in [0.05, 0.1) is 6.61 Å². The van der Waals surface area contributed by atoms with Crippen LogP contribution in [-0.4, -0.2) is 25.7 Å². The molecule has 0 radical (unpaired) electrons. The van der Waals surface area contributed by atoms with Crippen LogP contribution in [-0.2, 0) is 15.1 Å². The summed E-state index contributed by atoms with van der Waals surface area (Å²) in [4.78, 5) is 12.3. The summed E-state index contributed by atoms with van der Waals surface area (Å²) >= 11 is 3.38. The van der Waals surface area contributed by atoms with E-state index in [0.717, 1.165) is 36.1 Å². The average molecular weight is 378 g/mol. The van der Waals surface area contributed by atoms with Crippen LogP contribution in [0.4, 0.5) is 0 Å². The van der Waals surface area contributed by atoms with E-state index in [1.807, 2.05) is 24.3 Å². The summed E-state index contributed by atoms with van der Waals surface area (Å²) < 4.78 is 6.38. The van der Waals surface area contributed by atoms with Crippen molar-refractivity contribution < 1.29 is 9.53 Å². The normalized spacial score (nSPS) is 21.0. The van der Waals surface area contributed by atoms with Gasteiger partial charge in [-0.3, -0.25) is 4.79 Å². The third kappa shape index (κ3) is 4.95. The van der Waals surface area contributed by atoms with E-state index in [-0.39, 0.29) is 18.3 Å². The van der Waals surface area contributed by atoms with Crippen LogP contribution in [0, 0.1) is 5.92 Å². The highest BCUT2D eigenvalue weighted by atomic mass is 79.9. The standard InChI is InChI=1S/C15H21BrN2O2.ClH/c1-15(17,12-4-6-13(16)7-5-12)14(19)18-9-11-3-2-8-20-10-11;/h4-7,11H,2-3,8-10,17H2,1H3,(H,18,19);1H. The molecule has 1 aliphatic heterocycles. The fourth-order valence-electron chi connectivity index (χ4n) is 2.32. The fourth-order valence-corrected chi connectivity index (χ4v) is 2.58. The smallest absolute Gasteiger partial charge is 0.244 e. The number of hydrogen-bond donors (Lipinski definition) is 2. The molecule has 1 aliphatic rings. The molecule has 1 saturated heterocycles. The molecule has 4 nitrogen and oxygen atoms in total. The van der Waals surface area contributed by atoms with E-state index in [2.05, 4.69) is 21.2 Å². The highest BCUT2D eigenvalue weighted by molar-refractivity contribution is 9.10. The summed E-state index contributed by atoms with van der Waals surface area (Å²) in [7, 11) is 0. The van der Waals surface area contributed by atoms with Gasteiger partial charge in [0.2, 0.25) is 5.91 Å². The van der Waals surface area contributed by atoms with Gasteiger partial charge in [0, 0.05) is 17.6 Å². The Labute approximate surface area is 140 Å². The molecule has 2 unspecified atom stereocenters. The number of halogens is 2. The molecule has 0 aliphatic carbocycles. The number of rotatable bonds is 4. The second kappa shape index (κ2) is 8.13. The molecule has 118 valence electrons. The lowest BCUT2D eigenvalue weighted by molar-refractivity contribution is -0.126. The Bertz CT molecular complexity index is 459. The quantitative estimate of drug-likeness (QED) is 0.847. The number of benzene rings is 1. The molecule has 1 amide bonds. The van der Waals surface area contributed by atoms with Crippen molar-refractivity contribution in [3.8, 4) is 0 Å². The Hall–Kier alpha value is -0.620. The lowest BCUT2D eigenvalue weighted by Gasteiger charge is -2.27. The zero-order valence-corrected chi connectivity index (χ0v) is 14.5. The number of carbonyl (C=O) groups excluding carboxylic acids is 1. The SMILES string of the molecule is CC(N)(C(=O)NCC1CCCOC1)c1ccc(Br)cc1.Cl. The first-order valence-electron chi connectivity index (χ1n) is 6.91. The maximum Gasteiger partial charge on any atom is 0.244 e. The van der Waals surface area contributed by atoms with Crippen molar-refractivity contribution in [3.05, 3.63) is 34.3 Å². The topological polar surface area (TPSA) is 64.4 Å². The number of amides is 1. The molecule has 1 aromatic rings. The van der Waals surface area contributed by atoms with E-state index in [0.29, 0.717) is 12.5 Å². The average Bonchev–Trinajstić information content (AvgIpc) is 2.46. The molecule has 21 heavy (non-hydrogen) atoms. The number of nitrogens with two attached hydrogens (primary N) is 1. The molecule has 0 bridgehead atoms. The number of ether oxygens (including phenoxy) is 1. The molecule has 6 heteroatoms. The first kappa shape index (κ1) is 18.4. The third-order valence-electron chi connectivity index (χ3n) is 3.72. The Morgan fingerprint density at radius 3 is 2.71 bits per heavy atom. The second-order valence-corrected chi connectivity index (χ2v) is 6.42. The first-order valence-corrected chi connectivity index (χ1v) is 7.70. The summed E-state index contributed by atoms with van der Waals surface area (Å²) in [6, 6.07) is 7.52. The van der Waals surface area contributed by atoms with Gasteiger partial charge in [-0.15, -0.1) is 12.4 Å². The van der Waals surface area contributed by atoms with Crippen LogP contribution in [0.3, 0.4) is 0 Å². The highest BCUT2D eigenvalue weighted by Crippen LogP contribution is 2.21. The predicted octanol–water partition coefficient (Wildman–Crippen LogP) is 2.59. The predicted molar refractivity (Wildman–Crippen MR) is 89.5 cm³/mol. The van der Waals surface area contributed by atoms with Crippen molar-refractivity contribution in [1.29, 1.82) is 0 Å². The fraction of sp³-hybridized carbons (Fsp3) is 0.533. The first-order chi connectivity index (χ1) is 9.50. The highest BCUT2D eigenvalue weighted by Gasteiger charge is 2.30. The summed E-state index contributed by atoms with van der Waals surface area (Å²) in [6.45, 7) is 3.92. The monoisotopic (exact) mass is 376 g/mol. The molecule has 2 atom stereocenters. The molecule has 1 fully saturated rings. The molecule has 1 aromatic carbocycles. The summed E-state index contributed by atoms with van der Waals surface area (Å²) in [5, 5.41) is 2.95. The third-order valence-corrected chi connectivity index (χ3v) is 4.25. The van der Waals surface area contributed by atoms with Crippen molar-refractivity contribution in [3.63, 3.8) is 0 Å². The van der Waals surface area contributed by atoms with E-state index in [1.165, 1.54) is 0 Å². The lowest BCUT2D eigenvalue weighted by atomic mass is 9.92. The van der Waals surface area contributed by atoms with Crippen LogP contribution < -0.4 is 11.1 Å². The van der Waals surface area contributed by atoms with Gasteiger partial charge in [-0.25, -0.2) is 0 Å². The van der Waals surface area contributed by atoms with Gasteiger partial charge >= 0.3 is 0 Å². The van der Waals surface area contributed by atoms with Crippen LogP contribution in [0.25, 0.3) is 0 Å². The van der Waals surface area contributed by atoms with E-state index in [1.54, 1.807) is 6.92 Å². The number of hydrogen-bond acceptors (Lipinski definition) is 3. The van der Waals surface area contributed by atoms with E-state index < -0.39 is 5.54 Å². The molecular formula is C15H22BrClN2O2. The van der Waals surface area contributed by atoms with Crippen LogP contribution in [0.1, 0.15) is 25.3 Å². The minimum atomic E-state index is -1.02. The van der Waals surface area contributed by atoms with Crippen molar-refractivity contribution in [1.82, 2.24) is 5.32 Å². The van der Waals surface area contributed by atoms with Crippen LogP contribution in [0.15, 0.2) is 28.7 Å². The van der Waals surface area contributed by atoms with E-state index >= 15 is 0 Å². The Morgan fingerprint density at radius 1 is 1.48 bits per heavy atom. The van der Waals surface area contributed by atoms with Crippen molar-refractivity contribution in [2.45, 2.75) is 25.3 Å². The van der Waals surface area contributed by atoms with Crippen LogP contribution >= 0.6 is 28.3 Å². The number of carbonyl (C=O) groups is 1. The van der Waals surface area contributed by atoms with Crippen molar-refractivity contribution in [2.75, 3.05) is 19.8 Å². The summed E-state index contributed by atoms with van der Waals surface area (Å²) in [6.07, 6.45) is 2.16.